The molecule has 0 spiro atoms. The van der Waals surface area contributed by atoms with Crippen LogP contribution in [0.1, 0.15) is 25.7 Å². The van der Waals surface area contributed by atoms with Gasteiger partial charge in [0, 0.05) is 24.0 Å². The Bertz CT molecular complexity index is 1170. The molecule has 5 nitrogen and oxygen atoms in total. The van der Waals surface area contributed by atoms with Gasteiger partial charge in [-0.2, -0.15) is 5.10 Å². The van der Waals surface area contributed by atoms with E-state index in [0.29, 0.717) is 11.8 Å². The molecule has 1 aliphatic carbocycles. The predicted molar refractivity (Wildman–Crippen MR) is 117 cm³/mol. The number of nitrogens with zero attached hydrogens (tertiary/aromatic N) is 3. The Morgan fingerprint density at radius 2 is 1.97 bits per heavy atom. The summed E-state index contributed by atoms with van der Waals surface area (Å²) in [6.45, 7) is 0. The van der Waals surface area contributed by atoms with Crippen molar-refractivity contribution in [2.24, 2.45) is 0 Å². The van der Waals surface area contributed by atoms with Crippen molar-refractivity contribution in [3.63, 3.8) is 0 Å². The van der Waals surface area contributed by atoms with Crippen LogP contribution >= 0.6 is 11.8 Å². The quantitative estimate of drug-likeness (QED) is 0.492. The van der Waals surface area contributed by atoms with Gasteiger partial charge in [0.15, 0.2) is 0 Å². The second kappa shape index (κ2) is 7.87. The summed E-state index contributed by atoms with van der Waals surface area (Å²) in [6.07, 6.45) is 8.22. The molecule has 0 atom stereocenters. The molecule has 2 heterocycles. The predicted octanol–water partition coefficient (Wildman–Crippen LogP) is 4.70. The van der Waals surface area contributed by atoms with Crippen LogP contribution in [0, 0.1) is 0 Å². The first-order chi connectivity index (χ1) is 14.3. The first-order valence-electron chi connectivity index (χ1n) is 10.0. The maximum atomic E-state index is 12.3. The van der Waals surface area contributed by atoms with Gasteiger partial charge in [-0.05, 0) is 29.7 Å². The molecule has 0 bridgehead atoms. The first-order valence-corrected chi connectivity index (χ1v) is 11.0. The van der Waals surface area contributed by atoms with Crippen molar-refractivity contribution in [3.8, 4) is 11.3 Å². The molecule has 6 heteroatoms. The van der Waals surface area contributed by atoms with Gasteiger partial charge >= 0.3 is 0 Å². The van der Waals surface area contributed by atoms with Gasteiger partial charge in [-0.3, -0.25) is 4.79 Å². The molecule has 5 rings (SSSR count). The lowest BCUT2D eigenvalue weighted by molar-refractivity contribution is -0.119. The third kappa shape index (κ3) is 3.72. The number of fused-ring (bicyclic) bond motifs is 2. The summed E-state index contributed by atoms with van der Waals surface area (Å²) in [6, 6.07) is 17.0. The van der Waals surface area contributed by atoms with Gasteiger partial charge in [-0.1, -0.05) is 67.1 Å². The van der Waals surface area contributed by atoms with Gasteiger partial charge in [0.05, 0.1) is 17.0 Å². The number of rotatable bonds is 5. The third-order valence-corrected chi connectivity index (χ3v) is 6.47. The molecule has 1 amide bonds. The molecule has 0 unspecified atom stereocenters. The average molecular weight is 403 g/mol. The second-order valence-corrected chi connectivity index (χ2v) is 8.42. The Morgan fingerprint density at radius 3 is 2.86 bits per heavy atom. The largest absolute Gasteiger partial charge is 0.353 e. The highest BCUT2D eigenvalue weighted by Crippen LogP contribution is 2.30. The lowest BCUT2D eigenvalue weighted by atomic mass is 10.0. The van der Waals surface area contributed by atoms with Crippen LogP contribution in [0.5, 0.6) is 0 Å². The van der Waals surface area contributed by atoms with Crippen LogP contribution in [-0.4, -0.2) is 32.3 Å². The summed E-state index contributed by atoms with van der Waals surface area (Å²) >= 11 is 1.47. The number of hydrogen-bond donors (Lipinski definition) is 1. The van der Waals surface area contributed by atoms with Crippen LogP contribution in [0.4, 0.5) is 0 Å². The van der Waals surface area contributed by atoms with Crippen molar-refractivity contribution in [1.82, 2.24) is 19.9 Å². The highest BCUT2D eigenvalue weighted by atomic mass is 32.2. The topological polar surface area (TPSA) is 59.3 Å². The minimum absolute atomic E-state index is 0.0829. The SMILES string of the molecule is O=C(CSc1nccn2nc(-c3cccc4ccccc34)cc12)NC1CCCC1. The van der Waals surface area contributed by atoms with Crippen LogP contribution in [0.15, 0.2) is 66.0 Å². The molecule has 2 aromatic carbocycles. The molecule has 1 N–H and O–H groups in total. The molecule has 1 fully saturated rings. The van der Waals surface area contributed by atoms with Crippen LogP contribution in [-0.2, 0) is 4.79 Å². The van der Waals surface area contributed by atoms with E-state index in [9.17, 15) is 4.79 Å². The van der Waals surface area contributed by atoms with E-state index in [0.717, 1.165) is 34.6 Å². The van der Waals surface area contributed by atoms with E-state index in [1.165, 1.54) is 35.4 Å². The number of benzene rings is 2. The van der Waals surface area contributed by atoms with E-state index < -0.39 is 0 Å². The number of nitrogens with one attached hydrogen (secondary N) is 1. The maximum Gasteiger partial charge on any atom is 0.230 e. The van der Waals surface area contributed by atoms with Gasteiger partial charge in [-0.15, -0.1) is 0 Å². The summed E-state index contributed by atoms with van der Waals surface area (Å²) in [7, 11) is 0. The summed E-state index contributed by atoms with van der Waals surface area (Å²) in [5.41, 5.74) is 2.93. The summed E-state index contributed by atoms with van der Waals surface area (Å²) in [5.74, 6) is 0.456. The zero-order valence-corrected chi connectivity index (χ0v) is 16.9. The third-order valence-electron chi connectivity index (χ3n) is 5.48. The lowest BCUT2D eigenvalue weighted by Crippen LogP contribution is -2.33. The molecule has 4 aromatic rings. The minimum atomic E-state index is 0.0829. The normalized spacial score (nSPS) is 14.6. The van der Waals surface area contributed by atoms with E-state index >= 15 is 0 Å². The number of amides is 1. The minimum Gasteiger partial charge on any atom is -0.353 e. The highest BCUT2D eigenvalue weighted by molar-refractivity contribution is 8.00. The van der Waals surface area contributed by atoms with Crippen molar-refractivity contribution in [3.05, 3.63) is 60.9 Å². The first kappa shape index (κ1) is 18.2. The van der Waals surface area contributed by atoms with Crippen molar-refractivity contribution < 1.29 is 4.79 Å². The number of carbonyl (C=O) groups excluding carboxylic acids is 1. The standard InChI is InChI=1S/C23H22N4OS/c28-22(25-17-8-2-3-9-17)15-29-23-21-14-20(26-27(21)13-12-24-23)19-11-5-7-16-6-1-4-10-18(16)19/h1,4-7,10-14,17H,2-3,8-9,15H2,(H,25,28). The Morgan fingerprint density at radius 1 is 1.14 bits per heavy atom. The van der Waals surface area contributed by atoms with E-state index in [1.54, 1.807) is 6.20 Å². The summed E-state index contributed by atoms with van der Waals surface area (Å²) in [5, 5.41) is 11.1. The molecule has 1 aliphatic rings. The number of carbonyl (C=O) groups is 1. The van der Waals surface area contributed by atoms with E-state index in [2.05, 4.69) is 46.7 Å². The van der Waals surface area contributed by atoms with E-state index in [1.807, 2.05) is 22.8 Å². The number of thioether (sulfide) groups is 1. The fourth-order valence-electron chi connectivity index (χ4n) is 4.06. The summed E-state index contributed by atoms with van der Waals surface area (Å²) < 4.78 is 1.85. The Kier molecular flexibility index (Phi) is 4.94. The Hall–Kier alpha value is -2.86. The Balaban J connectivity index is 1.41. The Labute approximate surface area is 173 Å². The summed E-state index contributed by atoms with van der Waals surface area (Å²) in [4.78, 5) is 16.8. The smallest absolute Gasteiger partial charge is 0.230 e. The van der Waals surface area contributed by atoms with Crippen molar-refractivity contribution in [2.45, 2.75) is 36.8 Å². The van der Waals surface area contributed by atoms with Crippen molar-refractivity contribution in [1.29, 1.82) is 0 Å². The van der Waals surface area contributed by atoms with Crippen LogP contribution < -0.4 is 5.32 Å². The molecule has 0 aliphatic heterocycles. The van der Waals surface area contributed by atoms with Gasteiger partial charge < -0.3 is 5.32 Å². The van der Waals surface area contributed by atoms with Gasteiger partial charge in [0.1, 0.15) is 5.03 Å². The molecule has 29 heavy (non-hydrogen) atoms. The molecule has 146 valence electrons. The van der Waals surface area contributed by atoms with Crippen molar-refractivity contribution >= 4 is 34.0 Å². The fraction of sp³-hybridized carbons (Fsp3) is 0.261. The molecule has 0 radical (unpaired) electrons. The molecule has 0 saturated heterocycles. The van der Waals surface area contributed by atoms with Gasteiger partial charge in [-0.25, -0.2) is 9.50 Å². The number of aromatic nitrogens is 3. The molecular weight excluding hydrogens is 380 g/mol. The second-order valence-electron chi connectivity index (χ2n) is 7.46. The monoisotopic (exact) mass is 402 g/mol. The number of hydrogen-bond acceptors (Lipinski definition) is 4. The molecule has 2 aromatic heterocycles. The van der Waals surface area contributed by atoms with Crippen LogP contribution in [0.25, 0.3) is 27.5 Å². The van der Waals surface area contributed by atoms with E-state index in [-0.39, 0.29) is 5.91 Å². The fourth-order valence-corrected chi connectivity index (χ4v) is 4.85. The van der Waals surface area contributed by atoms with Crippen LogP contribution in [0.3, 0.4) is 0 Å². The van der Waals surface area contributed by atoms with Crippen molar-refractivity contribution in [2.75, 3.05) is 5.75 Å². The van der Waals surface area contributed by atoms with Gasteiger partial charge in [0.25, 0.3) is 0 Å². The molecule has 1 saturated carbocycles. The molecular formula is C23H22N4OS. The van der Waals surface area contributed by atoms with Gasteiger partial charge in [0.2, 0.25) is 5.91 Å². The van der Waals surface area contributed by atoms with Crippen LogP contribution in [0.2, 0.25) is 0 Å². The zero-order valence-electron chi connectivity index (χ0n) is 16.0. The zero-order chi connectivity index (χ0) is 19.6. The maximum absolute atomic E-state index is 12.3. The average Bonchev–Trinajstić information content (AvgIpc) is 3.41. The highest BCUT2D eigenvalue weighted by Gasteiger charge is 2.18. The lowest BCUT2D eigenvalue weighted by Gasteiger charge is -2.11. The van der Waals surface area contributed by atoms with E-state index in [4.69, 9.17) is 5.10 Å².